The number of nitro groups is 1. The monoisotopic (exact) mass is 345 g/mol. The van der Waals surface area contributed by atoms with E-state index in [4.69, 9.17) is 5.11 Å². The molecule has 0 fully saturated rings. The molecule has 1 atom stereocenters. The summed E-state index contributed by atoms with van der Waals surface area (Å²) in [5.41, 5.74) is -0.128. The minimum Gasteiger partial charge on any atom is -0.480 e. The number of carbonyl (C=O) groups excluding carboxylic acids is 1. The second-order valence-corrected chi connectivity index (χ2v) is 6.12. The lowest BCUT2D eigenvalue weighted by Crippen LogP contribution is -2.42. The summed E-state index contributed by atoms with van der Waals surface area (Å²) in [5.74, 6) is -0.859. The Morgan fingerprint density at radius 1 is 1.50 bits per heavy atom. The third kappa shape index (κ3) is 6.31. The van der Waals surface area contributed by atoms with Crippen LogP contribution in [0, 0.1) is 10.1 Å². The summed E-state index contributed by atoms with van der Waals surface area (Å²) in [6.07, 6.45) is 3.32. The highest BCUT2D eigenvalue weighted by Gasteiger charge is 2.19. The van der Waals surface area contributed by atoms with E-state index in [0.29, 0.717) is 17.2 Å². The molecular weight excluding hydrogens is 330 g/mol. The van der Waals surface area contributed by atoms with Gasteiger partial charge in [-0.15, -0.1) is 0 Å². The highest BCUT2D eigenvalue weighted by molar-refractivity contribution is 7.99. The van der Waals surface area contributed by atoms with Crippen molar-refractivity contribution in [3.63, 3.8) is 0 Å². The fourth-order valence-corrected chi connectivity index (χ4v) is 2.56. The normalized spacial score (nSPS) is 11.7. The van der Waals surface area contributed by atoms with Crippen LogP contribution in [0.25, 0.3) is 0 Å². The van der Waals surface area contributed by atoms with Gasteiger partial charge in [-0.1, -0.05) is 11.8 Å². The predicted molar refractivity (Wildman–Crippen MR) is 84.2 cm³/mol. The number of aliphatic carboxylic acids is 1. The minimum atomic E-state index is -1.07. The van der Waals surface area contributed by atoms with Crippen molar-refractivity contribution in [2.75, 3.05) is 17.8 Å². The van der Waals surface area contributed by atoms with E-state index in [-0.39, 0.29) is 11.4 Å². The lowest BCUT2D eigenvalue weighted by molar-refractivity contribution is -0.385. The molecule has 2 N–H and O–H groups in total. The Hall–Kier alpha value is -1.81. The van der Waals surface area contributed by atoms with Crippen molar-refractivity contribution in [2.45, 2.75) is 17.5 Å². The van der Waals surface area contributed by atoms with Crippen LogP contribution < -0.4 is 5.32 Å². The van der Waals surface area contributed by atoms with Crippen LogP contribution in [-0.4, -0.2) is 50.7 Å². The zero-order valence-corrected chi connectivity index (χ0v) is 13.4. The highest BCUT2D eigenvalue weighted by atomic mass is 32.2. The number of carboxylic acids is 1. The fourth-order valence-electron chi connectivity index (χ4n) is 1.43. The molecule has 8 nitrogen and oxygen atoms in total. The van der Waals surface area contributed by atoms with Gasteiger partial charge in [-0.3, -0.25) is 14.9 Å². The molecule has 1 rings (SSSR count). The van der Waals surface area contributed by atoms with Crippen molar-refractivity contribution in [3.8, 4) is 0 Å². The Balaban J connectivity index is 2.47. The van der Waals surface area contributed by atoms with Crippen LogP contribution in [0.15, 0.2) is 23.4 Å². The Labute approximate surface area is 135 Å². The van der Waals surface area contributed by atoms with Gasteiger partial charge in [-0.2, -0.15) is 11.8 Å². The van der Waals surface area contributed by atoms with Crippen LogP contribution in [0.3, 0.4) is 0 Å². The van der Waals surface area contributed by atoms with Crippen molar-refractivity contribution >= 4 is 41.1 Å². The van der Waals surface area contributed by atoms with Gasteiger partial charge in [0.15, 0.2) is 0 Å². The lowest BCUT2D eigenvalue weighted by atomic mass is 10.2. The van der Waals surface area contributed by atoms with Gasteiger partial charge in [0.1, 0.15) is 12.2 Å². The van der Waals surface area contributed by atoms with Crippen molar-refractivity contribution in [1.29, 1.82) is 0 Å². The van der Waals surface area contributed by atoms with Crippen LogP contribution in [0.5, 0.6) is 0 Å². The Morgan fingerprint density at radius 2 is 2.23 bits per heavy atom. The average molecular weight is 345 g/mol. The Kier molecular flexibility index (Phi) is 7.67. The van der Waals surface area contributed by atoms with Gasteiger partial charge in [0.05, 0.1) is 15.7 Å². The molecule has 0 spiro atoms. The molecule has 1 unspecified atom stereocenters. The molecule has 0 radical (unpaired) electrons. The first-order valence-electron chi connectivity index (χ1n) is 6.18. The topological polar surface area (TPSA) is 122 Å². The molecule has 1 aromatic heterocycles. The zero-order valence-electron chi connectivity index (χ0n) is 11.7. The molecule has 1 heterocycles. The summed E-state index contributed by atoms with van der Waals surface area (Å²) >= 11 is 2.59. The number of pyridine rings is 1. The van der Waals surface area contributed by atoms with E-state index in [1.54, 1.807) is 0 Å². The number of nitrogens with one attached hydrogen (secondary N) is 1. The van der Waals surface area contributed by atoms with E-state index in [1.807, 2.05) is 6.26 Å². The maximum Gasteiger partial charge on any atom is 0.326 e. The first kappa shape index (κ1) is 18.2. The van der Waals surface area contributed by atoms with Crippen LogP contribution in [0.4, 0.5) is 5.69 Å². The molecule has 0 saturated heterocycles. The van der Waals surface area contributed by atoms with E-state index in [9.17, 15) is 19.7 Å². The zero-order chi connectivity index (χ0) is 16.5. The number of carboxylic acid groups (broad SMARTS) is 1. The number of aromatic nitrogens is 1. The average Bonchev–Trinajstić information content (AvgIpc) is 2.49. The molecule has 0 saturated carbocycles. The predicted octanol–water partition coefficient (Wildman–Crippen LogP) is 1.40. The van der Waals surface area contributed by atoms with Gasteiger partial charge in [0.25, 0.3) is 5.69 Å². The van der Waals surface area contributed by atoms with Gasteiger partial charge in [0, 0.05) is 6.07 Å². The molecule has 10 heteroatoms. The molecule has 0 aliphatic heterocycles. The minimum absolute atomic E-state index is 0.00609. The second-order valence-electron chi connectivity index (χ2n) is 4.14. The summed E-state index contributed by atoms with van der Waals surface area (Å²) in [6.45, 7) is 0. The van der Waals surface area contributed by atoms with Crippen molar-refractivity contribution in [1.82, 2.24) is 10.3 Å². The largest absolute Gasteiger partial charge is 0.480 e. The molecule has 1 aromatic rings. The Morgan fingerprint density at radius 3 is 2.73 bits per heavy atom. The first-order valence-corrected chi connectivity index (χ1v) is 8.56. The van der Waals surface area contributed by atoms with Gasteiger partial charge < -0.3 is 10.4 Å². The van der Waals surface area contributed by atoms with E-state index in [0.717, 1.165) is 18.0 Å². The second kappa shape index (κ2) is 9.26. The van der Waals surface area contributed by atoms with E-state index in [1.165, 1.54) is 23.9 Å². The molecule has 0 aromatic carbocycles. The SMILES string of the molecule is CSCCC(NC(=O)CSc1ccc([N+](=O)[O-])cn1)C(=O)O. The van der Waals surface area contributed by atoms with Gasteiger partial charge in [-0.25, -0.2) is 9.78 Å². The van der Waals surface area contributed by atoms with E-state index in [2.05, 4.69) is 10.3 Å². The van der Waals surface area contributed by atoms with Gasteiger partial charge in [-0.05, 0) is 24.5 Å². The van der Waals surface area contributed by atoms with Crippen LogP contribution in [-0.2, 0) is 9.59 Å². The Bertz CT molecular complexity index is 538. The highest BCUT2D eigenvalue weighted by Crippen LogP contribution is 2.18. The van der Waals surface area contributed by atoms with Crippen molar-refractivity contribution in [2.24, 2.45) is 0 Å². The van der Waals surface area contributed by atoms with Gasteiger partial charge in [0.2, 0.25) is 5.91 Å². The number of nitrogens with zero attached hydrogens (tertiary/aromatic N) is 2. The maximum absolute atomic E-state index is 11.7. The van der Waals surface area contributed by atoms with Gasteiger partial charge >= 0.3 is 5.97 Å². The molecular formula is C12H15N3O5S2. The van der Waals surface area contributed by atoms with E-state index < -0.39 is 22.8 Å². The summed E-state index contributed by atoms with van der Waals surface area (Å²) in [4.78, 5) is 36.5. The number of hydrogen-bond acceptors (Lipinski definition) is 7. The lowest BCUT2D eigenvalue weighted by Gasteiger charge is -2.13. The smallest absolute Gasteiger partial charge is 0.326 e. The maximum atomic E-state index is 11.7. The quantitative estimate of drug-likeness (QED) is 0.391. The third-order valence-electron chi connectivity index (χ3n) is 2.53. The standard InChI is InChI=1S/C12H15N3O5S2/c1-21-5-4-9(12(17)18)14-10(16)7-22-11-3-2-8(6-13-11)15(19)20/h2-3,6,9H,4-5,7H2,1H3,(H,14,16)(H,17,18). The van der Waals surface area contributed by atoms with Crippen molar-refractivity contribution < 1.29 is 19.6 Å². The summed E-state index contributed by atoms with van der Waals surface area (Å²) in [6, 6.07) is 1.83. The molecule has 120 valence electrons. The molecule has 0 aliphatic rings. The summed E-state index contributed by atoms with van der Waals surface area (Å²) in [7, 11) is 0. The van der Waals surface area contributed by atoms with Crippen LogP contribution >= 0.6 is 23.5 Å². The number of amides is 1. The van der Waals surface area contributed by atoms with E-state index >= 15 is 0 Å². The first-order chi connectivity index (χ1) is 10.4. The number of rotatable bonds is 9. The molecule has 1 amide bonds. The summed E-state index contributed by atoms with van der Waals surface area (Å²) < 4.78 is 0. The number of thioether (sulfide) groups is 2. The fraction of sp³-hybridized carbons (Fsp3) is 0.417. The molecule has 0 aliphatic carbocycles. The number of hydrogen-bond donors (Lipinski definition) is 2. The molecule has 22 heavy (non-hydrogen) atoms. The van der Waals surface area contributed by atoms with Crippen LogP contribution in [0.2, 0.25) is 0 Å². The third-order valence-corrected chi connectivity index (χ3v) is 4.11. The van der Waals surface area contributed by atoms with Crippen LogP contribution in [0.1, 0.15) is 6.42 Å². The van der Waals surface area contributed by atoms with Crippen molar-refractivity contribution in [3.05, 3.63) is 28.4 Å². The molecule has 0 bridgehead atoms. The summed E-state index contributed by atoms with van der Waals surface area (Å²) in [5, 5.41) is 22.4. The number of carbonyl (C=O) groups is 2.